The lowest BCUT2D eigenvalue weighted by atomic mass is 9.34. The minimum atomic E-state index is -0.190. The molecule has 0 saturated carbocycles. The summed E-state index contributed by atoms with van der Waals surface area (Å²) < 4.78 is 22.2. The van der Waals surface area contributed by atoms with Crippen LogP contribution < -0.4 is 25.9 Å². The second kappa shape index (κ2) is 18.7. The molecule has 0 fully saturated rings. The smallest absolute Gasteiger partial charge is 0.260 e. The molecule has 0 spiro atoms. The Kier molecular flexibility index (Phi) is 10.5. The Hall–Kier alpha value is -11.1. The highest BCUT2D eigenvalue weighted by atomic mass is 16.5. The van der Waals surface area contributed by atoms with Crippen LogP contribution in [0.4, 0.5) is 0 Å². The minimum absolute atomic E-state index is 0.190. The summed E-state index contributed by atoms with van der Waals surface area (Å²) >= 11 is 0. The van der Waals surface area contributed by atoms with Gasteiger partial charge in [0.25, 0.3) is 6.71 Å². The number of aryl methyl sites for hydroxylation is 2. The monoisotopic (exact) mass is 1100 g/mol. The van der Waals surface area contributed by atoms with Crippen molar-refractivity contribution in [3.8, 4) is 84.6 Å². The summed E-state index contributed by atoms with van der Waals surface area (Å²) in [5.74, 6) is 3.20. The number of aromatic nitrogens is 3. The van der Waals surface area contributed by atoms with Crippen LogP contribution in [0, 0.1) is 13.8 Å². The summed E-state index contributed by atoms with van der Waals surface area (Å²) in [6.45, 7) is 4.21. The van der Waals surface area contributed by atoms with Crippen LogP contribution in [0.2, 0.25) is 0 Å². The van der Waals surface area contributed by atoms with Gasteiger partial charge in [0.1, 0.15) is 23.0 Å². The summed E-state index contributed by atoms with van der Waals surface area (Å²) in [5, 5.41) is 7.28. The van der Waals surface area contributed by atoms with Crippen LogP contribution in [0.3, 0.4) is 0 Å². The molecule has 2 aliphatic rings. The zero-order valence-electron chi connectivity index (χ0n) is 47.3. The fraction of sp³-hybridized carbons (Fsp3) is 0.0250. The Morgan fingerprint density at radius 2 is 0.663 bits per heavy atom. The summed E-state index contributed by atoms with van der Waals surface area (Å²) in [6, 6.07) is 102. The molecule has 18 rings (SSSR count). The Morgan fingerprint density at radius 3 is 1.16 bits per heavy atom. The third kappa shape index (κ3) is 7.20. The lowest BCUT2D eigenvalue weighted by Crippen LogP contribution is -2.57. The van der Waals surface area contributed by atoms with Crippen LogP contribution in [-0.2, 0) is 0 Å². The van der Waals surface area contributed by atoms with E-state index in [0.29, 0.717) is 0 Å². The molecule has 0 atom stereocenters. The van der Waals surface area contributed by atoms with E-state index in [9.17, 15) is 0 Å². The fourth-order valence-electron chi connectivity index (χ4n) is 14.6. The highest BCUT2D eigenvalue weighted by Crippen LogP contribution is 2.46. The average Bonchev–Trinajstić information content (AvgIpc) is 1.23. The molecule has 5 heterocycles. The van der Waals surface area contributed by atoms with Crippen molar-refractivity contribution < 1.29 is 9.47 Å². The van der Waals surface area contributed by atoms with Gasteiger partial charge in [0.05, 0.1) is 44.5 Å². The van der Waals surface area contributed by atoms with Gasteiger partial charge in [-0.15, -0.1) is 0 Å². The summed E-state index contributed by atoms with van der Waals surface area (Å²) in [4.78, 5) is 0. The first-order chi connectivity index (χ1) is 42.5. The van der Waals surface area contributed by atoms with Gasteiger partial charge in [-0.05, 0) is 160 Å². The molecular formula is C80H52BN3O2. The van der Waals surface area contributed by atoms with E-state index in [1.54, 1.807) is 0 Å². The standard InChI is InChI=1S/C80H52BN3O2/c1-49-20-3-5-22-57(49)54-42-52(43-55(44-54)58-23-6-4-21-50(58)2)53-46-77-79-78(47-53)86-76-48-56(82-68-31-13-7-24-60(68)61-25-8-14-32-69(61)82)39-41-67(76)81(79)66-40-38-51(45-75(66)85-77)59-30-19-37-74(83-70-33-15-9-26-62(70)63-27-10-16-34-71(63)83)80(59)84-72-35-17-11-28-64(72)65-29-12-18-36-73(65)84/h3-48H,1-2H3. The van der Waals surface area contributed by atoms with E-state index in [-0.39, 0.29) is 6.71 Å². The maximum absolute atomic E-state index is 7.50. The second-order valence-corrected chi connectivity index (χ2v) is 23.2. The molecule has 0 saturated heterocycles. The molecule has 2 aliphatic heterocycles. The number of rotatable bonds is 7. The molecule has 13 aromatic carbocycles. The van der Waals surface area contributed by atoms with E-state index in [1.807, 2.05) is 0 Å². The zero-order valence-corrected chi connectivity index (χ0v) is 47.3. The molecular weight excluding hydrogens is 1050 g/mol. The Morgan fingerprint density at radius 1 is 0.279 bits per heavy atom. The molecule has 86 heavy (non-hydrogen) atoms. The SMILES string of the molecule is Cc1ccccc1-c1cc(-c2cc3c4c(c2)Oc2cc(-n5c6ccccc6c6ccccc65)ccc2B4c2ccc(-c4cccc(-n5c6ccccc6c6ccccc65)c4-n4c5ccccc5c5ccccc54)cc2O3)cc(-c2ccccc2C)c1. The first-order valence-corrected chi connectivity index (χ1v) is 29.7. The number of hydrogen-bond acceptors (Lipinski definition) is 2. The zero-order chi connectivity index (χ0) is 56.7. The molecule has 0 aliphatic carbocycles. The molecule has 6 heteroatoms. The molecule has 402 valence electrons. The quantitative estimate of drug-likeness (QED) is 0.149. The minimum Gasteiger partial charge on any atom is -0.458 e. The largest absolute Gasteiger partial charge is 0.458 e. The van der Waals surface area contributed by atoms with Crippen LogP contribution in [0.1, 0.15) is 11.1 Å². The first kappa shape index (κ1) is 48.5. The highest BCUT2D eigenvalue weighted by molar-refractivity contribution is 6.98. The van der Waals surface area contributed by atoms with Crippen molar-refractivity contribution in [2.45, 2.75) is 13.8 Å². The van der Waals surface area contributed by atoms with Gasteiger partial charge >= 0.3 is 0 Å². The second-order valence-electron chi connectivity index (χ2n) is 23.2. The van der Waals surface area contributed by atoms with Crippen LogP contribution in [0.25, 0.3) is 127 Å². The average molecular weight is 1100 g/mol. The highest BCUT2D eigenvalue weighted by Gasteiger charge is 2.41. The lowest BCUT2D eigenvalue weighted by Gasteiger charge is -2.34. The van der Waals surface area contributed by atoms with Crippen molar-refractivity contribution in [2.75, 3.05) is 0 Å². The van der Waals surface area contributed by atoms with E-state index in [1.165, 1.54) is 54.6 Å². The number of hydrogen-bond donors (Lipinski definition) is 0. The van der Waals surface area contributed by atoms with Crippen LogP contribution in [0.15, 0.2) is 279 Å². The van der Waals surface area contributed by atoms with Crippen LogP contribution in [0.5, 0.6) is 23.0 Å². The van der Waals surface area contributed by atoms with Gasteiger partial charge in [-0.2, -0.15) is 0 Å². The fourth-order valence-corrected chi connectivity index (χ4v) is 14.6. The number of fused-ring (bicyclic) bond motifs is 13. The summed E-state index contributed by atoms with van der Waals surface area (Å²) in [7, 11) is 0. The topological polar surface area (TPSA) is 33.2 Å². The normalized spacial score (nSPS) is 12.5. The lowest BCUT2D eigenvalue weighted by molar-refractivity contribution is 0.465. The number of para-hydroxylation sites is 7. The van der Waals surface area contributed by atoms with E-state index >= 15 is 0 Å². The molecule has 0 unspecified atom stereocenters. The van der Waals surface area contributed by atoms with Gasteiger partial charge in [-0.25, -0.2) is 0 Å². The van der Waals surface area contributed by atoms with Gasteiger partial charge in [-0.1, -0.05) is 188 Å². The van der Waals surface area contributed by atoms with Crippen molar-refractivity contribution in [1.82, 2.24) is 13.7 Å². The van der Waals surface area contributed by atoms with Crippen molar-refractivity contribution >= 4 is 88.5 Å². The van der Waals surface area contributed by atoms with Gasteiger partial charge in [0.15, 0.2) is 0 Å². The summed E-state index contributed by atoms with van der Waals surface area (Å²) in [5.41, 5.74) is 24.7. The predicted molar refractivity (Wildman–Crippen MR) is 358 cm³/mol. The Labute approximate surface area is 497 Å². The van der Waals surface area contributed by atoms with Crippen molar-refractivity contribution in [3.05, 3.63) is 290 Å². The molecule has 0 amide bonds. The third-order valence-corrected chi connectivity index (χ3v) is 18.4. The van der Waals surface area contributed by atoms with Crippen molar-refractivity contribution in [2.24, 2.45) is 0 Å². The maximum atomic E-state index is 7.50. The van der Waals surface area contributed by atoms with Crippen molar-refractivity contribution in [3.63, 3.8) is 0 Å². The van der Waals surface area contributed by atoms with Crippen LogP contribution >= 0.6 is 0 Å². The number of benzene rings is 13. The first-order valence-electron chi connectivity index (χ1n) is 29.7. The van der Waals surface area contributed by atoms with E-state index < -0.39 is 0 Å². The van der Waals surface area contributed by atoms with Gasteiger partial charge in [0, 0.05) is 55.1 Å². The molecule has 3 aromatic heterocycles. The predicted octanol–water partition coefficient (Wildman–Crippen LogP) is 19.0. The number of ether oxygens (including phenoxy) is 2. The van der Waals surface area contributed by atoms with Crippen LogP contribution in [-0.4, -0.2) is 20.4 Å². The summed E-state index contributed by atoms with van der Waals surface area (Å²) in [6.07, 6.45) is 0. The molecule has 0 N–H and O–H groups in total. The molecule has 16 aromatic rings. The van der Waals surface area contributed by atoms with Gasteiger partial charge in [0.2, 0.25) is 0 Å². The van der Waals surface area contributed by atoms with E-state index in [2.05, 4.69) is 307 Å². The Bertz CT molecular complexity index is 5320. The third-order valence-electron chi connectivity index (χ3n) is 18.4. The molecule has 5 nitrogen and oxygen atoms in total. The molecule has 0 bridgehead atoms. The van der Waals surface area contributed by atoms with Crippen molar-refractivity contribution in [1.29, 1.82) is 0 Å². The van der Waals surface area contributed by atoms with E-state index in [4.69, 9.17) is 9.47 Å². The molecule has 0 radical (unpaired) electrons. The Balaban J connectivity index is 0.877. The van der Waals surface area contributed by atoms with Gasteiger partial charge in [-0.3, -0.25) is 0 Å². The van der Waals surface area contributed by atoms with Gasteiger partial charge < -0.3 is 23.2 Å². The maximum Gasteiger partial charge on any atom is 0.260 e. The van der Waals surface area contributed by atoms with E-state index in [0.717, 1.165) is 123 Å². The number of nitrogens with zero attached hydrogens (tertiary/aromatic N) is 3.